The summed E-state index contributed by atoms with van der Waals surface area (Å²) in [5, 5.41) is 8.24. The fourth-order valence-electron chi connectivity index (χ4n) is 6.32. The number of nitrogens with one attached hydrogen (secondary N) is 3. The van der Waals surface area contributed by atoms with Crippen LogP contribution in [0.2, 0.25) is 0 Å². The number of H-pyrrole nitrogens is 1. The first-order chi connectivity index (χ1) is 19.1. The Morgan fingerprint density at radius 1 is 1.00 bits per heavy atom. The zero-order valence-corrected chi connectivity index (χ0v) is 22.6. The Kier molecular flexibility index (Phi) is 7.02. The second kappa shape index (κ2) is 10.8. The fourth-order valence-corrected chi connectivity index (χ4v) is 6.32. The van der Waals surface area contributed by atoms with Crippen LogP contribution < -0.4 is 20.1 Å². The highest BCUT2D eigenvalue weighted by Gasteiger charge is 2.48. The minimum Gasteiger partial charge on any atom is -0.493 e. The number of ether oxygens (including phenoxy) is 2. The van der Waals surface area contributed by atoms with E-state index in [9.17, 15) is 4.79 Å². The monoisotopic (exact) mass is 524 g/mol. The van der Waals surface area contributed by atoms with Crippen molar-refractivity contribution in [3.8, 4) is 11.5 Å². The summed E-state index contributed by atoms with van der Waals surface area (Å²) in [7, 11) is 3.27. The van der Waals surface area contributed by atoms with Crippen molar-refractivity contribution >= 4 is 16.8 Å². The number of fused-ring (bicyclic) bond motifs is 4. The number of aromatic amines is 1. The van der Waals surface area contributed by atoms with Gasteiger partial charge < -0.3 is 19.8 Å². The third-order valence-electron chi connectivity index (χ3n) is 8.23. The molecule has 7 heteroatoms. The molecule has 4 aromatic rings. The van der Waals surface area contributed by atoms with E-state index in [2.05, 4.69) is 75.1 Å². The summed E-state index contributed by atoms with van der Waals surface area (Å²) in [6.07, 6.45) is 2.34. The second-order valence-electron chi connectivity index (χ2n) is 10.7. The van der Waals surface area contributed by atoms with Crippen molar-refractivity contribution in [1.29, 1.82) is 0 Å². The molecular weight excluding hydrogens is 488 g/mol. The van der Waals surface area contributed by atoms with Gasteiger partial charge in [0, 0.05) is 42.8 Å². The Balaban J connectivity index is 1.20. The number of likely N-dealkylation sites (tertiary alicyclic amines) is 1. The smallest absolute Gasteiger partial charge is 0.237 e. The van der Waals surface area contributed by atoms with Gasteiger partial charge in [-0.3, -0.25) is 15.0 Å². The van der Waals surface area contributed by atoms with Crippen molar-refractivity contribution in [2.45, 2.75) is 37.4 Å². The lowest BCUT2D eigenvalue weighted by atomic mass is 9.83. The SMILES string of the molecule is COc1ccc(CCNC(=O)[C@@H]2Cc3c([nH]c4ccccc34)[C@]3(CCN(Cc4ccccc4)C3)N2)cc1OC. The molecular formula is C32H36N4O3. The van der Waals surface area contributed by atoms with Crippen LogP contribution in [0, 0.1) is 0 Å². The summed E-state index contributed by atoms with van der Waals surface area (Å²) >= 11 is 0. The maximum Gasteiger partial charge on any atom is 0.237 e. The fraction of sp³-hybridized carbons (Fsp3) is 0.344. The molecule has 202 valence electrons. The van der Waals surface area contributed by atoms with Crippen molar-refractivity contribution < 1.29 is 14.3 Å². The zero-order chi connectivity index (χ0) is 26.8. The first-order valence-corrected chi connectivity index (χ1v) is 13.7. The van der Waals surface area contributed by atoms with Gasteiger partial charge >= 0.3 is 0 Å². The summed E-state index contributed by atoms with van der Waals surface area (Å²) in [4.78, 5) is 19.8. The minimum atomic E-state index is -0.293. The van der Waals surface area contributed by atoms with Crippen LogP contribution in [-0.4, -0.2) is 55.7 Å². The van der Waals surface area contributed by atoms with Gasteiger partial charge in [0.25, 0.3) is 0 Å². The van der Waals surface area contributed by atoms with E-state index in [-0.39, 0.29) is 17.5 Å². The molecule has 0 unspecified atom stereocenters. The number of para-hydroxylation sites is 1. The van der Waals surface area contributed by atoms with Gasteiger partial charge in [0.2, 0.25) is 5.91 Å². The Hall–Kier alpha value is -3.81. The van der Waals surface area contributed by atoms with Crippen molar-refractivity contribution in [2.75, 3.05) is 33.9 Å². The van der Waals surface area contributed by atoms with Gasteiger partial charge in [-0.05, 0) is 54.2 Å². The molecule has 1 saturated heterocycles. The lowest BCUT2D eigenvalue weighted by molar-refractivity contribution is -0.124. The third-order valence-corrected chi connectivity index (χ3v) is 8.23. The summed E-state index contributed by atoms with van der Waals surface area (Å²) in [5.74, 6) is 1.45. The molecule has 2 aliphatic heterocycles. The molecule has 3 N–H and O–H groups in total. The molecule has 0 aliphatic carbocycles. The summed E-state index contributed by atoms with van der Waals surface area (Å²) < 4.78 is 10.8. The molecule has 0 bridgehead atoms. The van der Waals surface area contributed by atoms with E-state index in [0.29, 0.717) is 30.9 Å². The van der Waals surface area contributed by atoms with Crippen LogP contribution in [0.15, 0.2) is 72.8 Å². The van der Waals surface area contributed by atoms with Crippen molar-refractivity contribution in [2.24, 2.45) is 0 Å². The molecule has 0 saturated carbocycles. The third kappa shape index (κ3) is 5.00. The molecule has 6 rings (SSSR count). The molecule has 0 radical (unpaired) electrons. The number of nitrogens with zero attached hydrogens (tertiary/aromatic N) is 1. The molecule has 2 aliphatic rings. The van der Waals surface area contributed by atoms with E-state index < -0.39 is 0 Å². The maximum atomic E-state index is 13.6. The highest BCUT2D eigenvalue weighted by molar-refractivity contribution is 5.88. The number of carbonyl (C=O) groups is 1. The lowest BCUT2D eigenvalue weighted by Gasteiger charge is -2.39. The number of hydrogen-bond donors (Lipinski definition) is 3. The first-order valence-electron chi connectivity index (χ1n) is 13.7. The van der Waals surface area contributed by atoms with Crippen molar-refractivity contribution in [3.63, 3.8) is 0 Å². The number of aromatic nitrogens is 1. The number of rotatable bonds is 8. The quantitative estimate of drug-likeness (QED) is 0.323. The normalized spacial score (nSPS) is 20.7. The van der Waals surface area contributed by atoms with Crippen LogP contribution in [0.1, 0.15) is 28.8 Å². The van der Waals surface area contributed by atoms with Crippen LogP contribution in [0.5, 0.6) is 11.5 Å². The van der Waals surface area contributed by atoms with Crippen LogP contribution in [0.3, 0.4) is 0 Å². The number of carbonyl (C=O) groups excluding carboxylic acids is 1. The van der Waals surface area contributed by atoms with Gasteiger partial charge in [-0.25, -0.2) is 0 Å². The van der Waals surface area contributed by atoms with Gasteiger partial charge in [-0.15, -0.1) is 0 Å². The van der Waals surface area contributed by atoms with Crippen LogP contribution in [-0.2, 0) is 29.7 Å². The average Bonchev–Trinajstić information content (AvgIpc) is 3.55. The van der Waals surface area contributed by atoms with E-state index in [4.69, 9.17) is 9.47 Å². The number of benzene rings is 3. The summed E-state index contributed by atoms with van der Waals surface area (Å²) in [6, 6.07) is 24.7. The predicted octanol–water partition coefficient (Wildman–Crippen LogP) is 4.16. The number of methoxy groups -OCH3 is 2. The first kappa shape index (κ1) is 25.5. The molecule has 1 amide bonds. The van der Waals surface area contributed by atoms with E-state index in [1.54, 1.807) is 14.2 Å². The molecule has 3 heterocycles. The number of hydrogen-bond acceptors (Lipinski definition) is 5. The minimum absolute atomic E-state index is 0.0484. The van der Waals surface area contributed by atoms with Gasteiger partial charge in [0.05, 0.1) is 25.8 Å². The van der Waals surface area contributed by atoms with Crippen LogP contribution in [0.4, 0.5) is 0 Å². The Morgan fingerprint density at radius 2 is 1.79 bits per heavy atom. The van der Waals surface area contributed by atoms with Crippen molar-refractivity contribution in [1.82, 2.24) is 20.5 Å². The Labute approximate surface area is 229 Å². The van der Waals surface area contributed by atoms with E-state index in [1.807, 2.05) is 18.2 Å². The van der Waals surface area contributed by atoms with Gasteiger partial charge in [0.15, 0.2) is 11.5 Å². The standard InChI is InChI=1S/C32H36N4O3/c1-38-28-13-12-22(18-29(28)39-2)14-16-33-31(37)27-19-25-24-10-6-7-11-26(24)34-30(25)32(35-27)15-17-36(21-32)20-23-8-4-3-5-9-23/h3-13,18,27,34-35H,14-17,19-21H2,1-2H3,(H,33,37)/t27-,32+/m0/s1. The van der Waals surface area contributed by atoms with Crippen LogP contribution in [0.25, 0.3) is 10.9 Å². The maximum absolute atomic E-state index is 13.6. The van der Waals surface area contributed by atoms with E-state index in [0.717, 1.165) is 37.1 Å². The summed E-state index contributed by atoms with van der Waals surface area (Å²) in [6.45, 7) is 3.30. The molecule has 1 aromatic heterocycles. The molecule has 2 atom stereocenters. The highest BCUT2D eigenvalue weighted by Crippen LogP contribution is 2.41. The zero-order valence-electron chi connectivity index (χ0n) is 22.6. The van der Waals surface area contributed by atoms with Gasteiger partial charge in [-0.2, -0.15) is 0 Å². The number of amides is 1. The molecule has 7 nitrogen and oxygen atoms in total. The Bertz CT molecular complexity index is 1470. The van der Waals surface area contributed by atoms with Gasteiger partial charge in [-0.1, -0.05) is 54.6 Å². The molecule has 39 heavy (non-hydrogen) atoms. The predicted molar refractivity (Wildman–Crippen MR) is 153 cm³/mol. The second-order valence-corrected chi connectivity index (χ2v) is 10.7. The van der Waals surface area contributed by atoms with E-state index >= 15 is 0 Å². The lowest BCUT2D eigenvalue weighted by Crippen LogP contribution is -2.59. The topological polar surface area (TPSA) is 78.6 Å². The highest BCUT2D eigenvalue weighted by atomic mass is 16.5. The van der Waals surface area contributed by atoms with Crippen LogP contribution >= 0.6 is 0 Å². The molecule has 1 spiro atoms. The molecule has 3 aromatic carbocycles. The summed E-state index contributed by atoms with van der Waals surface area (Å²) in [5.41, 5.74) is 5.77. The Morgan fingerprint density at radius 3 is 2.62 bits per heavy atom. The average molecular weight is 525 g/mol. The molecule has 1 fully saturated rings. The van der Waals surface area contributed by atoms with Gasteiger partial charge in [0.1, 0.15) is 0 Å². The van der Waals surface area contributed by atoms with Crippen molar-refractivity contribution in [3.05, 3.63) is 95.2 Å². The van der Waals surface area contributed by atoms with E-state index in [1.165, 1.54) is 22.2 Å². The largest absolute Gasteiger partial charge is 0.493 e.